The van der Waals surface area contributed by atoms with Crippen LogP contribution in [-0.4, -0.2) is 15.4 Å². The van der Waals surface area contributed by atoms with Crippen molar-refractivity contribution >= 4 is 16.6 Å². The highest BCUT2D eigenvalue weighted by atomic mass is 16.5. The van der Waals surface area contributed by atoms with Crippen LogP contribution in [0.1, 0.15) is 5.69 Å². The van der Waals surface area contributed by atoms with Crippen LogP contribution in [0.2, 0.25) is 0 Å². The number of benzene rings is 1. The summed E-state index contributed by atoms with van der Waals surface area (Å²) in [5.41, 5.74) is 2.67. The van der Waals surface area contributed by atoms with Gasteiger partial charge in [0.1, 0.15) is 12.0 Å². The van der Waals surface area contributed by atoms with Crippen molar-refractivity contribution in [1.29, 1.82) is 0 Å². The quantitative estimate of drug-likeness (QED) is 0.741. The number of nitrogens with one attached hydrogen (secondary N) is 1. The summed E-state index contributed by atoms with van der Waals surface area (Å²) in [4.78, 5) is 0. The van der Waals surface area contributed by atoms with Crippen LogP contribution in [0.5, 0.6) is 0 Å². The van der Waals surface area contributed by atoms with Gasteiger partial charge in [-0.25, -0.2) is 0 Å². The Morgan fingerprint density at radius 1 is 1.18 bits per heavy atom. The first-order valence-corrected chi connectivity index (χ1v) is 5.27. The van der Waals surface area contributed by atoms with E-state index in [9.17, 15) is 0 Å². The van der Waals surface area contributed by atoms with Gasteiger partial charge in [0, 0.05) is 11.5 Å². The largest absolute Gasteiger partial charge is 0.377 e. The minimum Gasteiger partial charge on any atom is -0.377 e. The summed E-state index contributed by atoms with van der Waals surface area (Å²) in [5.74, 6) is 0. The zero-order chi connectivity index (χ0) is 11.5. The molecule has 3 aromatic rings. The summed E-state index contributed by atoms with van der Waals surface area (Å²) in [6, 6.07) is 9.69. The molecule has 0 saturated carbocycles. The van der Waals surface area contributed by atoms with Crippen LogP contribution in [-0.2, 0) is 6.54 Å². The van der Waals surface area contributed by atoms with Crippen molar-refractivity contribution in [1.82, 2.24) is 15.4 Å². The van der Waals surface area contributed by atoms with Gasteiger partial charge in [-0.3, -0.25) is 0 Å². The summed E-state index contributed by atoms with van der Waals surface area (Å²) in [6.45, 7) is 0.603. The average Bonchev–Trinajstić information content (AvgIpc) is 2.89. The molecule has 0 atom stereocenters. The zero-order valence-electron chi connectivity index (χ0n) is 9.00. The van der Waals surface area contributed by atoms with E-state index < -0.39 is 0 Å². The van der Waals surface area contributed by atoms with E-state index in [4.69, 9.17) is 4.52 Å². The van der Waals surface area contributed by atoms with Crippen molar-refractivity contribution in [3.8, 4) is 0 Å². The van der Waals surface area contributed by atoms with Crippen molar-refractivity contribution in [2.75, 3.05) is 5.32 Å². The lowest BCUT2D eigenvalue weighted by atomic mass is 10.2. The lowest BCUT2D eigenvalue weighted by molar-refractivity contribution is 0.412. The standard InChI is InChI=1S/C12H10N4O/c1-2-4-11-10(3-1)12(8-14-15-11)13-7-9-5-6-17-16-9/h1-6,8H,7H2,(H,13,15). The minimum absolute atomic E-state index is 0.603. The SMILES string of the molecule is c1ccc2c(NCc3ccon3)cnnc2c1. The van der Waals surface area contributed by atoms with E-state index in [0.717, 1.165) is 22.3 Å². The Kier molecular flexibility index (Phi) is 2.42. The van der Waals surface area contributed by atoms with Crippen LogP contribution < -0.4 is 5.32 Å². The first-order chi connectivity index (χ1) is 8.43. The molecule has 1 aromatic carbocycles. The molecule has 0 spiro atoms. The smallest absolute Gasteiger partial charge is 0.124 e. The highest BCUT2D eigenvalue weighted by Gasteiger charge is 2.02. The number of rotatable bonds is 3. The second-order valence-corrected chi connectivity index (χ2v) is 3.62. The molecule has 1 N–H and O–H groups in total. The maximum Gasteiger partial charge on any atom is 0.124 e. The molecule has 3 rings (SSSR count). The van der Waals surface area contributed by atoms with Crippen molar-refractivity contribution in [3.63, 3.8) is 0 Å². The average molecular weight is 226 g/mol. The van der Waals surface area contributed by atoms with Crippen molar-refractivity contribution < 1.29 is 4.52 Å². The molecule has 0 radical (unpaired) electrons. The number of anilines is 1. The van der Waals surface area contributed by atoms with E-state index in [-0.39, 0.29) is 0 Å². The second kappa shape index (κ2) is 4.21. The number of aromatic nitrogens is 3. The Labute approximate surface area is 97.5 Å². The van der Waals surface area contributed by atoms with Crippen LogP contribution >= 0.6 is 0 Å². The molecule has 0 bridgehead atoms. The Morgan fingerprint density at radius 2 is 2.12 bits per heavy atom. The molecular formula is C12H10N4O. The topological polar surface area (TPSA) is 63.8 Å². The van der Waals surface area contributed by atoms with Crippen LogP contribution in [0, 0.1) is 0 Å². The molecular weight excluding hydrogens is 216 g/mol. The molecule has 0 saturated heterocycles. The summed E-state index contributed by atoms with van der Waals surface area (Å²) in [6.07, 6.45) is 3.27. The molecule has 2 aromatic heterocycles. The van der Waals surface area contributed by atoms with Gasteiger partial charge in [-0.05, 0) is 6.07 Å². The second-order valence-electron chi connectivity index (χ2n) is 3.62. The fourth-order valence-corrected chi connectivity index (χ4v) is 1.66. The highest BCUT2D eigenvalue weighted by Crippen LogP contribution is 2.20. The van der Waals surface area contributed by atoms with E-state index in [1.54, 1.807) is 12.5 Å². The lowest BCUT2D eigenvalue weighted by Gasteiger charge is -2.06. The molecule has 2 heterocycles. The number of hydrogen-bond acceptors (Lipinski definition) is 5. The molecule has 5 nitrogen and oxygen atoms in total. The molecule has 0 unspecified atom stereocenters. The Bertz CT molecular complexity index is 616. The van der Waals surface area contributed by atoms with Crippen LogP contribution in [0.4, 0.5) is 5.69 Å². The number of hydrogen-bond donors (Lipinski definition) is 1. The highest BCUT2D eigenvalue weighted by molar-refractivity contribution is 5.90. The van der Waals surface area contributed by atoms with Crippen LogP contribution in [0.3, 0.4) is 0 Å². The maximum atomic E-state index is 4.77. The Morgan fingerprint density at radius 3 is 3.00 bits per heavy atom. The molecule has 5 heteroatoms. The summed E-state index contributed by atoms with van der Waals surface area (Å²) < 4.78 is 4.77. The maximum absolute atomic E-state index is 4.77. The van der Waals surface area contributed by atoms with E-state index >= 15 is 0 Å². The van der Waals surface area contributed by atoms with E-state index in [1.165, 1.54) is 0 Å². The molecule has 0 amide bonds. The number of fused-ring (bicyclic) bond motifs is 1. The van der Waals surface area contributed by atoms with Gasteiger partial charge in [-0.15, -0.1) is 0 Å². The summed E-state index contributed by atoms with van der Waals surface area (Å²) >= 11 is 0. The summed E-state index contributed by atoms with van der Waals surface area (Å²) in [7, 11) is 0. The Hall–Kier alpha value is -2.43. The van der Waals surface area contributed by atoms with Gasteiger partial charge in [0.25, 0.3) is 0 Å². The molecule has 0 aliphatic rings. The molecule has 17 heavy (non-hydrogen) atoms. The van der Waals surface area contributed by atoms with Crippen LogP contribution in [0.25, 0.3) is 10.9 Å². The van der Waals surface area contributed by atoms with Gasteiger partial charge in [0.05, 0.1) is 23.9 Å². The van der Waals surface area contributed by atoms with Crippen molar-refractivity contribution in [2.45, 2.75) is 6.54 Å². The number of nitrogens with zero attached hydrogens (tertiary/aromatic N) is 3. The normalized spacial score (nSPS) is 10.6. The third-order valence-corrected chi connectivity index (χ3v) is 2.50. The first-order valence-electron chi connectivity index (χ1n) is 5.27. The Balaban J connectivity index is 1.90. The van der Waals surface area contributed by atoms with Gasteiger partial charge in [-0.2, -0.15) is 10.2 Å². The summed E-state index contributed by atoms with van der Waals surface area (Å²) in [5, 5.41) is 16.2. The molecule has 0 aliphatic carbocycles. The fraction of sp³-hybridized carbons (Fsp3) is 0.0833. The van der Waals surface area contributed by atoms with Gasteiger partial charge in [0.15, 0.2) is 0 Å². The first kappa shape index (κ1) is 9.77. The van der Waals surface area contributed by atoms with Crippen LogP contribution in [0.15, 0.2) is 47.3 Å². The monoisotopic (exact) mass is 226 g/mol. The fourth-order valence-electron chi connectivity index (χ4n) is 1.66. The van der Waals surface area contributed by atoms with Crippen molar-refractivity contribution in [2.24, 2.45) is 0 Å². The van der Waals surface area contributed by atoms with E-state index in [0.29, 0.717) is 6.54 Å². The van der Waals surface area contributed by atoms with Gasteiger partial charge < -0.3 is 9.84 Å². The van der Waals surface area contributed by atoms with E-state index in [2.05, 4.69) is 20.7 Å². The van der Waals surface area contributed by atoms with Gasteiger partial charge in [0.2, 0.25) is 0 Å². The van der Waals surface area contributed by atoms with Gasteiger partial charge >= 0.3 is 0 Å². The molecule has 84 valence electrons. The zero-order valence-corrected chi connectivity index (χ0v) is 9.00. The van der Waals surface area contributed by atoms with Gasteiger partial charge in [-0.1, -0.05) is 23.4 Å². The predicted octanol–water partition coefficient (Wildman–Crippen LogP) is 2.23. The predicted molar refractivity (Wildman–Crippen MR) is 63.4 cm³/mol. The van der Waals surface area contributed by atoms with E-state index in [1.807, 2.05) is 30.3 Å². The molecule has 0 fully saturated rings. The third-order valence-electron chi connectivity index (χ3n) is 2.50. The van der Waals surface area contributed by atoms with Crippen molar-refractivity contribution in [3.05, 3.63) is 48.5 Å². The molecule has 0 aliphatic heterocycles. The minimum atomic E-state index is 0.603. The lowest BCUT2D eigenvalue weighted by Crippen LogP contribution is -2.01. The third kappa shape index (κ3) is 1.94.